The van der Waals surface area contributed by atoms with E-state index in [9.17, 15) is 22.0 Å². The normalized spacial score (nSPS) is 16.6. The summed E-state index contributed by atoms with van der Waals surface area (Å²) in [7, 11) is 0.796. The molecule has 0 fully saturated rings. The second-order valence-corrected chi connectivity index (χ2v) is 2.00. The Bertz CT molecular complexity index is 129. The van der Waals surface area contributed by atoms with Crippen LogP contribution < -0.4 is 0 Å². The molecule has 0 aliphatic heterocycles. The minimum Gasteiger partial charge on any atom is -0.375 e. The molecule has 0 aromatic rings. The van der Waals surface area contributed by atoms with E-state index in [2.05, 4.69) is 4.74 Å². The monoisotopic (exact) mass is 178 g/mol. The maximum atomic E-state index is 12.1. The van der Waals surface area contributed by atoms with E-state index in [1.807, 2.05) is 0 Å². The van der Waals surface area contributed by atoms with Crippen molar-refractivity contribution >= 4 is 0 Å². The molecule has 11 heavy (non-hydrogen) atoms. The first kappa shape index (κ1) is 10.6. The lowest BCUT2D eigenvalue weighted by Crippen LogP contribution is -2.46. The summed E-state index contributed by atoms with van der Waals surface area (Å²) in [5.74, 6) is -4.78. The highest BCUT2D eigenvalue weighted by Gasteiger charge is 2.61. The number of methoxy groups -OCH3 is 1. The van der Waals surface area contributed by atoms with Gasteiger partial charge in [0.2, 0.25) is 0 Å². The molecular formula is C5H7F5O. The van der Waals surface area contributed by atoms with Crippen molar-refractivity contribution in [1.82, 2.24) is 0 Å². The van der Waals surface area contributed by atoms with Crippen molar-refractivity contribution in [2.24, 2.45) is 0 Å². The molecule has 0 aliphatic rings. The summed E-state index contributed by atoms with van der Waals surface area (Å²) >= 11 is 0. The van der Waals surface area contributed by atoms with Gasteiger partial charge < -0.3 is 4.74 Å². The number of hydrogen-bond acceptors (Lipinski definition) is 1. The average molecular weight is 178 g/mol. The Morgan fingerprint density at radius 2 is 1.45 bits per heavy atom. The average Bonchev–Trinajstić information content (AvgIpc) is 1.83. The third-order valence-corrected chi connectivity index (χ3v) is 1.24. The summed E-state index contributed by atoms with van der Waals surface area (Å²) in [6.07, 6.45) is -7.69. The standard InChI is InChI=1S/C5H7F5O/c1-3(11-2)4(6,7)5(8,9)10/h3H,1-2H3. The van der Waals surface area contributed by atoms with Crippen LogP contribution in [-0.4, -0.2) is 25.3 Å². The fourth-order valence-electron chi connectivity index (χ4n) is 0.378. The molecule has 0 amide bonds. The van der Waals surface area contributed by atoms with Crippen molar-refractivity contribution in [3.05, 3.63) is 0 Å². The van der Waals surface area contributed by atoms with E-state index in [-0.39, 0.29) is 0 Å². The van der Waals surface area contributed by atoms with E-state index in [4.69, 9.17) is 0 Å². The third-order valence-electron chi connectivity index (χ3n) is 1.24. The van der Waals surface area contributed by atoms with Gasteiger partial charge in [-0.2, -0.15) is 22.0 Å². The van der Waals surface area contributed by atoms with Gasteiger partial charge in [-0.1, -0.05) is 0 Å². The van der Waals surface area contributed by atoms with Gasteiger partial charge >= 0.3 is 12.1 Å². The molecule has 0 saturated heterocycles. The molecule has 0 spiro atoms. The predicted molar refractivity (Wildman–Crippen MR) is 27.5 cm³/mol. The van der Waals surface area contributed by atoms with Crippen LogP contribution in [0.3, 0.4) is 0 Å². The maximum Gasteiger partial charge on any atom is 0.456 e. The molecule has 1 unspecified atom stereocenters. The van der Waals surface area contributed by atoms with Crippen molar-refractivity contribution in [3.63, 3.8) is 0 Å². The van der Waals surface area contributed by atoms with Gasteiger partial charge in [0, 0.05) is 7.11 Å². The molecule has 0 rings (SSSR count). The molecule has 0 heterocycles. The minimum atomic E-state index is -5.54. The van der Waals surface area contributed by atoms with Crippen molar-refractivity contribution in [2.45, 2.75) is 25.1 Å². The van der Waals surface area contributed by atoms with Crippen LogP contribution >= 0.6 is 0 Å². The SMILES string of the molecule is COC(C)C(F)(F)C(F)(F)F. The van der Waals surface area contributed by atoms with Crippen LogP contribution in [0.15, 0.2) is 0 Å². The Labute approximate surface area is 60.1 Å². The minimum absolute atomic E-state index is 0.660. The number of ether oxygens (including phenoxy) is 1. The van der Waals surface area contributed by atoms with Crippen LogP contribution in [0.1, 0.15) is 6.92 Å². The van der Waals surface area contributed by atoms with Gasteiger partial charge in [-0.15, -0.1) is 0 Å². The molecule has 0 radical (unpaired) electrons. The number of hydrogen-bond donors (Lipinski definition) is 0. The second kappa shape index (κ2) is 2.92. The zero-order chi connectivity index (χ0) is 9.28. The molecule has 0 saturated carbocycles. The van der Waals surface area contributed by atoms with Gasteiger partial charge in [-0.25, -0.2) is 0 Å². The first-order valence-electron chi connectivity index (χ1n) is 2.70. The van der Waals surface area contributed by atoms with E-state index in [1.54, 1.807) is 0 Å². The summed E-state index contributed by atoms with van der Waals surface area (Å²) in [5.41, 5.74) is 0. The molecule has 1 nitrogen and oxygen atoms in total. The van der Waals surface area contributed by atoms with Crippen LogP contribution in [0, 0.1) is 0 Å². The quantitative estimate of drug-likeness (QED) is 0.589. The summed E-state index contributed by atoms with van der Waals surface area (Å²) < 4.78 is 62.3. The van der Waals surface area contributed by atoms with Crippen molar-refractivity contribution < 1.29 is 26.7 Å². The Hall–Kier alpha value is -0.390. The van der Waals surface area contributed by atoms with Gasteiger partial charge in [-0.3, -0.25) is 0 Å². The highest BCUT2D eigenvalue weighted by atomic mass is 19.4. The van der Waals surface area contributed by atoms with Crippen LogP contribution in [0.25, 0.3) is 0 Å². The van der Waals surface area contributed by atoms with Gasteiger partial charge in [0.05, 0.1) is 0 Å². The van der Waals surface area contributed by atoms with E-state index in [0.29, 0.717) is 6.92 Å². The van der Waals surface area contributed by atoms with Gasteiger partial charge in [0.1, 0.15) is 6.10 Å². The van der Waals surface area contributed by atoms with Crippen LogP contribution in [0.4, 0.5) is 22.0 Å². The van der Waals surface area contributed by atoms with Gasteiger partial charge in [0.15, 0.2) is 0 Å². The first-order valence-corrected chi connectivity index (χ1v) is 2.70. The van der Waals surface area contributed by atoms with Gasteiger partial charge in [-0.05, 0) is 6.92 Å². The largest absolute Gasteiger partial charge is 0.456 e. The van der Waals surface area contributed by atoms with E-state index >= 15 is 0 Å². The Balaban J connectivity index is 4.45. The highest BCUT2D eigenvalue weighted by Crippen LogP contribution is 2.38. The first-order chi connectivity index (χ1) is 4.73. The smallest absolute Gasteiger partial charge is 0.375 e. The number of halogens is 5. The Morgan fingerprint density at radius 3 is 1.55 bits per heavy atom. The van der Waals surface area contributed by atoms with Crippen LogP contribution in [0.2, 0.25) is 0 Å². The fraction of sp³-hybridized carbons (Fsp3) is 1.00. The molecule has 6 heteroatoms. The summed E-state index contributed by atoms with van der Waals surface area (Å²) in [6.45, 7) is 0.660. The molecule has 0 aliphatic carbocycles. The zero-order valence-electron chi connectivity index (χ0n) is 5.88. The van der Waals surface area contributed by atoms with E-state index < -0.39 is 18.2 Å². The lowest BCUT2D eigenvalue weighted by atomic mass is 10.2. The fourth-order valence-corrected chi connectivity index (χ4v) is 0.378. The van der Waals surface area contributed by atoms with E-state index in [1.165, 1.54) is 0 Å². The van der Waals surface area contributed by atoms with Crippen molar-refractivity contribution in [1.29, 1.82) is 0 Å². The summed E-state index contributed by atoms with van der Waals surface area (Å²) in [6, 6.07) is 0. The Morgan fingerprint density at radius 1 is 1.09 bits per heavy atom. The Kier molecular flexibility index (Phi) is 2.82. The molecule has 68 valence electrons. The topological polar surface area (TPSA) is 9.23 Å². The lowest BCUT2D eigenvalue weighted by molar-refractivity contribution is -0.313. The van der Waals surface area contributed by atoms with Crippen molar-refractivity contribution in [2.75, 3.05) is 7.11 Å². The number of rotatable bonds is 2. The molecule has 0 aromatic carbocycles. The van der Waals surface area contributed by atoms with E-state index in [0.717, 1.165) is 7.11 Å². The second-order valence-electron chi connectivity index (χ2n) is 2.00. The third kappa shape index (κ3) is 2.02. The summed E-state index contributed by atoms with van der Waals surface area (Å²) in [4.78, 5) is 0. The van der Waals surface area contributed by atoms with Crippen LogP contribution in [-0.2, 0) is 4.74 Å². The molecule has 1 atom stereocenters. The van der Waals surface area contributed by atoms with Gasteiger partial charge in [0.25, 0.3) is 0 Å². The number of alkyl halides is 5. The zero-order valence-corrected chi connectivity index (χ0v) is 5.88. The maximum absolute atomic E-state index is 12.1. The molecule has 0 bridgehead atoms. The lowest BCUT2D eigenvalue weighted by Gasteiger charge is -2.24. The summed E-state index contributed by atoms with van der Waals surface area (Å²) in [5, 5.41) is 0. The molecule has 0 N–H and O–H groups in total. The van der Waals surface area contributed by atoms with Crippen molar-refractivity contribution in [3.8, 4) is 0 Å². The van der Waals surface area contributed by atoms with Crippen LogP contribution in [0.5, 0.6) is 0 Å². The molecule has 0 aromatic heterocycles. The highest BCUT2D eigenvalue weighted by molar-refractivity contribution is 4.81. The molecular weight excluding hydrogens is 171 g/mol. The predicted octanol–water partition coefficient (Wildman–Crippen LogP) is 2.22.